The van der Waals surface area contributed by atoms with Gasteiger partial charge in [0.2, 0.25) is 5.91 Å². The third-order valence-electron chi connectivity index (χ3n) is 4.49. The number of para-hydroxylation sites is 1. The van der Waals surface area contributed by atoms with Gasteiger partial charge in [0.25, 0.3) is 0 Å². The number of rotatable bonds is 5. The van der Waals surface area contributed by atoms with Crippen LogP contribution in [0, 0.1) is 0 Å². The van der Waals surface area contributed by atoms with Gasteiger partial charge in [0, 0.05) is 37.9 Å². The highest BCUT2D eigenvalue weighted by Crippen LogP contribution is 2.27. The number of benzene rings is 2. The van der Waals surface area contributed by atoms with Gasteiger partial charge in [-0.2, -0.15) is 0 Å². The third-order valence-corrected chi connectivity index (χ3v) is 4.49. The Morgan fingerprint density at radius 1 is 1.19 bits per heavy atom. The largest absolute Gasteiger partial charge is 0.352 e. The number of anilines is 2. The molecule has 0 spiro atoms. The highest BCUT2D eigenvalue weighted by atomic mass is 127. The molecule has 0 saturated carbocycles. The number of fused-ring (bicyclic) bond motifs is 1. The summed E-state index contributed by atoms with van der Waals surface area (Å²) < 4.78 is 0. The van der Waals surface area contributed by atoms with E-state index in [4.69, 9.17) is 0 Å². The Morgan fingerprint density at radius 3 is 2.78 bits per heavy atom. The van der Waals surface area contributed by atoms with Gasteiger partial charge in [0.1, 0.15) is 0 Å². The molecule has 3 rings (SSSR count). The van der Waals surface area contributed by atoms with Crippen LogP contribution in [0.3, 0.4) is 0 Å². The van der Waals surface area contributed by atoms with Crippen molar-refractivity contribution in [3.8, 4) is 0 Å². The van der Waals surface area contributed by atoms with Crippen molar-refractivity contribution in [1.82, 2.24) is 5.32 Å². The van der Waals surface area contributed by atoms with Gasteiger partial charge in [-0.15, -0.1) is 24.0 Å². The van der Waals surface area contributed by atoms with Crippen LogP contribution in [-0.2, 0) is 17.8 Å². The molecule has 0 unspecified atom stereocenters. The van der Waals surface area contributed by atoms with E-state index in [0.29, 0.717) is 13.0 Å². The van der Waals surface area contributed by atoms with E-state index in [-0.39, 0.29) is 29.9 Å². The number of hydrogen-bond donors (Lipinski definition) is 2. The van der Waals surface area contributed by atoms with Crippen molar-refractivity contribution in [3.05, 3.63) is 59.7 Å². The number of nitrogens with one attached hydrogen (secondary N) is 2. The van der Waals surface area contributed by atoms with E-state index in [1.54, 1.807) is 0 Å². The molecule has 2 aromatic rings. The Hall–Kier alpha value is -2.09. The number of carbonyl (C=O) groups is 1. The van der Waals surface area contributed by atoms with Gasteiger partial charge >= 0.3 is 0 Å². The molecule has 0 saturated heterocycles. The monoisotopic (exact) mass is 478 g/mol. The van der Waals surface area contributed by atoms with Crippen LogP contribution >= 0.6 is 24.0 Å². The number of carbonyl (C=O) groups excluding carboxylic acids is 1. The zero-order valence-corrected chi connectivity index (χ0v) is 18.2. The lowest BCUT2D eigenvalue weighted by atomic mass is 10.2. The number of guanidine groups is 1. The number of amides is 1. The van der Waals surface area contributed by atoms with E-state index in [1.807, 2.05) is 38.2 Å². The molecule has 2 aromatic carbocycles. The number of aliphatic imine (C=N–C) groups is 1. The van der Waals surface area contributed by atoms with Crippen molar-refractivity contribution in [2.75, 3.05) is 23.8 Å². The molecule has 0 aromatic heterocycles. The summed E-state index contributed by atoms with van der Waals surface area (Å²) >= 11 is 0. The maximum atomic E-state index is 11.8. The molecule has 1 aliphatic heterocycles. The van der Waals surface area contributed by atoms with Crippen LogP contribution in [0.5, 0.6) is 0 Å². The molecule has 5 nitrogen and oxygen atoms in total. The Bertz CT molecular complexity index is 806. The van der Waals surface area contributed by atoms with Gasteiger partial charge in [-0.1, -0.05) is 37.3 Å². The normalized spacial score (nSPS) is 13.0. The molecule has 0 atom stereocenters. The van der Waals surface area contributed by atoms with Crippen LogP contribution in [0.4, 0.5) is 11.4 Å². The van der Waals surface area contributed by atoms with Crippen molar-refractivity contribution in [1.29, 1.82) is 0 Å². The Kier molecular flexibility index (Phi) is 8.09. The Labute approximate surface area is 178 Å². The van der Waals surface area contributed by atoms with Gasteiger partial charge in [-0.3, -0.25) is 9.79 Å². The smallest absolute Gasteiger partial charge is 0.224 e. The molecular formula is C21H27IN4O. The first-order valence-corrected chi connectivity index (χ1v) is 9.16. The molecule has 27 heavy (non-hydrogen) atoms. The summed E-state index contributed by atoms with van der Waals surface area (Å²) in [5, 5.41) is 6.38. The van der Waals surface area contributed by atoms with Crippen LogP contribution < -0.4 is 15.5 Å². The van der Waals surface area contributed by atoms with Crippen molar-refractivity contribution < 1.29 is 4.79 Å². The fourth-order valence-electron chi connectivity index (χ4n) is 3.24. The molecular weight excluding hydrogens is 451 g/mol. The lowest BCUT2D eigenvalue weighted by Gasteiger charge is -2.22. The first-order chi connectivity index (χ1) is 12.7. The Morgan fingerprint density at radius 2 is 2.00 bits per heavy atom. The van der Waals surface area contributed by atoms with E-state index >= 15 is 0 Å². The second kappa shape index (κ2) is 10.3. The van der Waals surface area contributed by atoms with E-state index in [1.165, 1.54) is 11.3 Å². The Balaban J connectivity index is 0.00000261. The molecule has 1 amide bonds. The van der Waals surface area contributed by atoms with E-state index in [2.05, 4.69) is 44.8 Å². The van der Waals surface area contributed by atoms with Gasteiger partial charge in [-0.25, -0.2) is 0 Å². The van der Waals surface area contributed by atoms with Gasteiger partial charge < -0.3 is 15.5 Å². The standard InChI is InChI=1S/C21H26N4O.HI/c1-3-7-20(26)24-18-10-6-8-16(14-18)15-23-21(22-2)25-13-12-17-9-4-5-11-19(17)25;/h4-6,8-11,14H,3,7,12-13,15H2,1-2H3,(H,22,23)(H,24,26);1H. The maximum Gasteiger partial charge on any atom is 0.224 e. The van der Waals surface area contributed by atoms with Crippen LogP contribution in [0.2, 0.25) is 0 Å². The predicted octanol–water partition coefficient (Wildman–Crippen LogP) is 4.18. The molecule has 0 bridgehead atoms. The summed E-state index contributed by atoms with van der Waals surface area (Å²) in [7, 11) is 1.81. The van der Waals surface area contributed by atoms with Gasteiger partial charge in [-0.05, 0) is 42.2 Å². The van der Waals surface area contributed by atoms with Crippen molar-refractivity contribution >= 4 is 47.2 Å². The van der Waals surface area contributed by atoms with Crippen LogP contribution in [0.1, 0.15) is 30.9 Å². The number of halogens is 1. The molecule has 0 aliphatic carbocycles. The first-order valence-electron chi connectivity index (χ1n) is 9.16. The summed E-state index contributed by atoms with van der Waals surface area (Å²) in [6.45, 7) is 3.59. The molecule has 144 valence electrons. The fraction of sp³-hybridized carbons (Fsp3) is 0.333. The average Bonchev–Trinajstić information content (AvgIpc) is 3.07. The number of hydrogen-bond acceptors (Lipinski definition) is 2. The first kappa shape index (κ1) is 21.2. The van der Waals surface area contributed by atoms with Crippen LogP contribution in [0.25, 0.3) is 0 Å². The lowest BCUT2D eigenvalue weighted by molar-refractivity contribution is -0.116. The van der Waals surface area contributed by atoms with Crippen molar-refractivity contribution in [2.24, 2.45) is 4.99 Å². The second-order valence-electron chi connectivity index (χ2n) is 6.43. The zero-order chi connectivity index (χ0) is 18.4. The van der Waals surface area contributed by atoms with Crippen LogP contribution in [0.15, 0.2) is 53.5 Å². The second-order valence-corrected chi connectivity index (χ2v) is 6.43. The highest BCUT2D eigenvalue weighted by molar-refractivity contribution is 14.0. The SMILES string of the molecule is CCCC(=O)Nc1cccc(CNC(=NC)N2CCc3ccccc32)c1.I. The summed E-state index contributed by atoms with van der Waals surface area (Å²) in [4.78, 5) is 18.4. The van der Waals surface area contributed by atoms with Crippen molar-refractivity contribution in [3.63, 3.8) is 0 Å². The molecule has 2 N–H and O–H groups in total. The van der Waals surface area contributed by atoms with E-state index in [0.717, 1.165) is 36.6 Å². The quantitative estimate of drug-likeness (QED) is 0.385. The van der Waals surface area contributed by atoms with Crippen LogP contribution in [-0.4, -0.2) is 25.5 Å². The zero-order valence-electron chi connectivity index (χ0n) is 15.9. The minimum atomic E-state index is 0. The number of nitrogens with zero attached hydrogens (tertiary/aromatic N) is 2. The molecule has 0 radical (unpaired) electrons. The highest BCUT2D eigenvalue weighted by Gasteiger charge is 2.22. The van der Waals surface area contributed by atoms with Crippen molar-refractivity contribution in [2.45, 2.75) is 32.7 Å². The summed E-state index contributed by atoms with van der Waals surface area (Å²) in [5.41, 5.74) is 4.52. The predicted molar refractivity (Wildman–Crippen MR) is 123 cm³/mol. The topological polar surface area (TPSA) is 56.7 Å². The summed E-state index contributed by atoms with van der Waals surface area (Å²) in [5.74, 6) is 0.928. The van der Waals surface area contributed by atoms with Gasteiger partial charge in [0.15, 0.2) is 5.96 Å². The maximum absolute atomic E-state index is 11.8. The molecule has 6 heteroatoms. The minimum Gasteiger partial charge on any atom is -0.352 e. The average molecular weight is 478 g/mol. The molecule has 1 aliphatic rings. The molecule has 0 fully saturated rings. The third kappa shape index (κ3) is 5.45. The summed E-state index contributed by atoms with van der Waals surface area (Å²) in [6, 6.07) is 16.4. The minimum absolute atomic E-state index is 0. The molecule has 1 heterocycles. The van der Waals surface area contributed by atoms with E-state index in [9.17, 15) is 4.79 Å². The van der Waals surface area contributed by atoms with Gasteiger partial charge in [0.05, 0.1) is 0 Å². The summed E-state index contributed by atoms with van der Waals surface area (Å²) in [6.07, 6.45) is 2.43. The van der Waals surface area contributed by atoms with E-state index < -0.39 is 0 Å². The lowest BCUT2D eigenvalue weighted by Crippen LogP contribution is -2.40. The fourth-order valence-corrected chi connectivity index (χ4v) is 3.24.